The van der Waals surface area contributed by atoms with E-state index in [4.69, 9.17) is 0 Å². The van der Waals surface area contributed by atoms with Crippen molar-refractivity contribution >= 4 is 0 Å². The van der Waals surface area contributed by atoms with Gasteiger partial charge in [0.2, 0.25) is 0 Å². The lowest BCUT2D eigenvalue weighted by Gasteiger charge is -2.35. The fourth-order valence-electron chi connectivity index (χ4n) is 1.63. The summed E-state index contributed by atoms with van der Waals surface area (Å²) >= 11 is 0. The molecule has 0 saturated carbocycles. The number of halogens is 1. The lowest BCUT2D eigenvalue weighted by Crippen LogP contribution is -2.34. The van der Waals surface area contributed by atoms with Gasteiger partial charge < -0.3 is 0 Å². The van der Waals surface area contributed by atoms with Crippen LogP contribution < -0.4 is 0 Å². The maximum Gasteiger partial charge on any atom is 0.110 e. The van der Waals surface area contributed by atoms with Gasteiger partial charge in [-0.1, -0.05) is 37.6 Å². The van der Waals surface area contributed by atoms with E-state index in [2.05, 4.69) is 18.2 Å². The van der Waals surface area contributed by atoms with Crippen molar-refractivity contribution in [3.63, 3.8) is 0 Å². The van der Waals surface area contributed by atoms with E-state index in [0.717, 1.165) is 25.7 Å². The molecule has 0 bridgehead atoms. The van der Waals surface area contributed by atoms with E-state index in [1.54, 1.807) is 13.8 Å². The van der Waals surface area contributed by atoms with Crippen LogP contribution in [-0.4, -0.2) is 5.67 Å². The highest BCUT2D eigenvalue weighted by atomic mass is 19.1. The molecular formula is C14H23F. The molecule has 0 aromatic rings. The first-order valence-corrected chi connectivity index (χ1v) is 5.86. The lowest BCUT2D eigenvalue weighted by molar-refractivity contribution is 0.0454. The van der Waals surface area contributed by atoms with Gasteiger partial charge in [-0.05, 0) is 44.9 Å². The number of rotatable bonds is 4. The molecule has 0 nitrogen and oxygen atoms in total. The Hall–Kier alpha value is -0.590. The predicted molar refractivity (Wildman–Crippen MR) is 64.7 cm³/mol. The van der Waals surface area contributed by atoms with Crippen LogP contribution >= 0.6 is 0 Å². The van der Waals surface area contributed by atoms with Crippen LogP contribution in [0.2, 0.25) is 0 Å². The van der Waals surface area contributed by atoms with E-state index in [9.17, 15) is 4.39 Å². The van der Waals surface area contributed by atoms with Gasteiger partial charge in [-0.2, -0.15) is 0 Å². The molecule has 0 amide bonds. The van der Waals surface area contributed by atoms with Crippen LogP contribution in [0.15, 0.2) is 23.8 Å². The second-order valence-corrected chi connectivity index (χ2v) is 5.65. The summed E-state index contributed by atoms with van der Waals surface area (Å²) in [6.07, 6.45) is 10.7. The highest BCUT2D eigenvalue weighted by Crippen LogP contribution is 2.39. The summed E-state index contributed by atoms with van der Waals surface area (Å²) in [6.45, 7) is 7.41. The van der Waals surface area contributed by atoms with Gasteiger partial charge in [0.05, 0.1) is 0 Å². The van der Waals surface area contributed by atoms with Crippen molar-refractivity contribution in [2.24, 2.45) is 5.41 Å². The third kappa shape index (κ3) is 3.48. The largest absolute Gasteiger partial charge is 0.244 e. The molecule has 1 aliphatic carbocycles. The van der Waals surface area contributed by atoms with E-state index >= 15 is 0 Å². The van der Waals surface area contributed by atoms with Gasteiger partial charge in [0.25, 0.3) is 0 Å². The monoisotopic (exact) mass is 210 g/mol. The van der Waals surface area contributed by atoms with Gasteiger partial charge in [-0.3, -0.25) is 0 Å². The van der Waals surface area contributed by atoms with Crippen molar-refractivity contribution in [1.82, 2.24) is 0 Å². The van der Waals surface area contributed by atoms with E-state index < -0.39 is 5.67 Å². The highest BCUT2D eigenvalue weighted by Gasteiger charge is 2.36. The summed E-state index contributed by atoms with van der Waals surface area (Å²) in [4.78, 5) is 0. The number of hydrogen-bond acceptors (Lipinski definition) is 0. The average Bonchev–Trinajstić information content (AvgIpc) is 2.15. The van der Waals surface area contributed by atoms with Crippen molar-refractivity contribution < 1.29 is 4.39 Å². The van der Waals surface area contributed by atoms with Crippen LogP contribution in [0.3, 0.4) is 0 Å². The Kier molecular flexibility index (Phi) is 3.75. The third-order valence-corrected chi connectivity index (χ3v) is 3.78. The summed E-state index contributed by atoms with van der Waals surface area (Å²) in [7, 11) is 0. The normalized spacial score (nSPS) is 17.8. The highest BCUT2D eigenvalue weighted by molar-refractivity contribution is 5.17. The minimum atomic E-state index is -1.10. The van der Waals surface area contributed by atoms with Crippen LogP contribution in [0.4, 0.5) is 4.39 Å². The second-order valence-electron chi connectivity index (χ2n) is 5.65. The summed E-state index contributed by atoms with van der Waals surface area (Å²) in [5.41, 5.74) is 0.127. The zero-order chi connectivity index (χ0) is 11.5. The van der Waals surface area contributed by atoms with Crippen molar-refractivity contribution in [2.45, 2.75) is 59.0 Å². The fourth-order valence-corrected chi connectivity index (χ4v) is 1.63. The topological polar surface area (TPSA) is 0 Å². The van der Waals surface area contributed by atoms with Crippen LogP contribution in [-0.2, 0) is 0 Å². The van der Waals surface area contributed by atoms with Crippen molar-refractivity contribution in [1.29, 1.82) is 0 Å². The quantitative estimate of drug-likeness (QED) is 0.624. The van der Waals surface area contributed by atoms with Gasteiger partial charge in [0.1, 0.15) is 5.67 Å². The molecule has 86 valence electrons. The molecular weight excluding hydrogens is 187 g/mol. The first kappa shape index (κ1) is 12.5. The minimum absolute atomic E-state index is 0.241. The summed E-state index contributed by atoms with van der Waals surface area (Å²) in [5.74, 6) is 0. The lowest BCUT2D eigenvalue weighted by atomic mass is 9.74. The van der Waals surface area contributed by atoms with E-state index in [1.807, 2.05) is 13.8 Å². The van der Waals surface area contributed by atoms with Gasteiger partial charge in [-0.15, -0.1) is 0 Å². The first-order valence-electron chi connectivity index (χ1n) is 5.86. The molecule has 0 fully saturated rings. The fraction of sp³-hybridized carbons (Fsp3) is 0.714. The number of allylic oxidation sites excluding steroid dienone is 4. The molecule has 0 atom stereocenters. The van der Waals surface area contributed by atoms with E-state index in [-0.39, 0.29) is 5.41 Å². The van der Waals surface area contributed by atoms with Crippen molar-refractivity contribution in [3.8, 4) is 0 Å². The molecule has 1 rings (SSSR count). The van der Waals surface area contributed by atoms with Gasteiger partial charge in [0, 0.05) is 0 Å². The van der Waals surface area contributed by atoms with Crippen LogP contribution in [0.1, 0.15) is 53.4 Å². The van der Waals surface area contributed by atoms with Gasteiger partial charge >= 0.3 is 0 Å². The van der Waals surface area contributed by atoms with Crippen molar-refractivity contribution in [3.05, 3.63) is 23.8 Å². The standard InChI is InChI=1S/C14H23F/c1-13(2,14(3,4)15)11-10-12-8-6-5-7-9-12/h5-6,8H,7,9-11H2,1-4H3. The Morgan fingerprint density at radius 2 is 1.93 bits per heavy atom. The average molecular weight is 210 g/mol. The Bertz CT molecular complexity index is 264. The Labute approximate surface area is 93.3 Å². The molecule has 0 aliphatic heterocycles. The Morgan fingerprint density at radius 1 is 1.27 bits per heavy atom. The van der Waals surface area contributed by atoms with E-state index in [0.29, 0.717) is 0 Å². The van der Waals surface area contributed by atoms with E-state index in [1.165, 1.54) is 5.57 Å². The Morgan fingerprint density at radius 3 is 2.40 bits per heavy atom. The zero-order valence-electron chi connectivity index (χ0n) is 10.4. The molecule has 1 aliphatic rings. The molecule has 0 unspecified atom stereocenters. The molecule has 0 saturated heterocycles. The molecule has 0 aromatic carbocycles. The molecule has 0 radical (unpaired) electrons. The summed E-state index contributed by atoms with van der Waals surface area (Å²) in [5, 5.41) is 0. The second kappa shape index (κ2) is 4.51. The molecule has 0 aromatic heterocycles. The maximum absolute atomic E-state index is 13.9. The zero-order valence-corrected chi connectivity index (χ0v) is 10.4. The third-order valence-electron chi connectivity index (χ3n) is 3.78. The number of alkyl halides is 1. The van der Waals surface area contributed by atoms with Crippen LogP contribution in [0.5, 0.6) is 0 Å². The smallest absolute Gasteiger partial charge is 0.110 e. The van der Waals surface area contributed by atoms with Crippen LogP contribution in [0, 0.1) is 5.41 Å². The SMILES string of the molecule is CC(C)(F)C(C)(C)CCC1=CC=CCC1. The molecule has 0 heterocycles. The summed E-state index contributed by atoms with van der Waals surface area (Å²) < 4.78 is 13.9. The van der Waals surface area contributed by atoms with Gasteiger partial charge in [-0.25, -0.2) is 4.39 Å². The summed E-state index contributed by atoms with van der Waals surface area (Å²) in [6, 6.07) is 0. The minimum Gasteiger partial charge on any atom is -0.244 e. The molecule has 1 heteroatoms. The van der Waals surface area contributed by atoms with Gasteiger partial charge in [0.15, 0.2) is 0 Å². The maximum atomic E-state index is 13.9. The molecule has 15 heavy (non-hydrogen) atoms. The first-order chi connectivity index (χ1) is 6.83. The van der Waals surface area contributed by atoms with Crippen molar-refractivity contribution in [2.75, 3.05) is 0 Å². The number of hydrogen-bond donors (Lipinski definition) is 0. The molecule has 0 N–H and O–H groups in total. The van der Waals surface area contributed by atoms with Crippen LogP contribution in [0.25, 0.3) is 0 Å². The Balaban J connectivity index is 2.49. The predicted octanol–water partition coefficient (Wildman–Crippen LogP) is 4.82. The molecule has 0 spiro atoms.